The van der Waals surface area contributed by atoms with Crippen molar-refractivity contribution < 1.29 is 9.53 Å². The molecule has 21 heavy (non-hydrogen) atoms. The normalized spacial score (nSPS) is 10.2. The van der Waals surface area contributed by atoms with Crippen LogP contribution in [0.1, 0.15) is 0 Å². The maximum absolute atomic E-state index is 12.0. The Morgan fingerprint density at radius 3 is 2.67 bits per heavy atom. The van der Waals surface area contributed by atoms with Gasteiger partial charge >= 0.3 is 0 Å². The molecule has 5 heteroatoms. The first-order valence-electron chi connectivity index (χ1n) is 6.42. The van der Waals surface area contributed by atoms with Crippen LogP contribution in [0.2, 0.25) is 0 Å². The zero-order chi connectivity index (χ0) is 15.1. The first-order valence-corrected chi connectivity index (χ1v) is 8.63. The lowest BCUT2D eigenvalue weighted by Gasteiger charge is -2.07. The van der Waals surface area contributed by atoms with E-state index in [2.05, 4.69) is 5.32 Å². The van der Waals surface area contributed by atoms with E-state index >= 15 is 0 Å². The lowest BCUT2D eigenvalue weighted by atomic mass is 10.3. The summed E-state index contributed by atoms with van der Waals surface area (Å²) in [6.07, 6.45) is 2.01. The van der Waals surface area contributed by atoms with E-state index < -0.39 is 0 Å². The monoisotopic (exact) mass is 319 g/mol. The number of carbonyl (C=O) groups excluding carboxylic acids is 1. The van der Waals surface area contributed by atoms with Gasteiger partial charge in [0.2, 0.25) is 5.91 Å². The van der Waals surface area contributed by atoms with Gasteiger partial charge < -0.3 is 10.1 Å². The van der Waals surface area contributed by atoms with E-state index in [0.717, 1.165) is 21.2 Å². The highest BCUT2D eigenvalue weighted by atomic mass is 32.2. The van der Waals surface area contributed by atoms with Crippen molar-refractivity contribution in [3.05, 3.63) is 48.5 Å². The highest BCUT2D eigenvalue weighted by molar-refractivity contribution is 8.00. The van der Waals surface area contributed by atoms with Crippen LogP contribution in [0.15, 0.2) is 58.3 Å². The van der Waals surface area contributed by atoms with E-state index in [0.29, 0.717) is 5.75 Å². The smallest absolute Gasteiger partial charge is 0.234 e. The van der Waals surface area contributed by atoms with Crippen molar-refractivity contribution >= 4 is 35.1 Å². The van der Waals surface area contributed by atoms with E-state index in [1.165, 1.54) is 11.8 Å². The number of rotatable bonds is 6. The van der Waals surface area contributed by atoms with Crippen molar-refractivity contribution in [2.24, 2.45) is 0 Å². The second kappa shape index (κ2) is 8.00. The summed E-state index contributed by atoms with van der Waals surface area (Å²) in [4.78, 5) is 14.1. The molecule has 0 atom stereocenters. The molecule has 0 aliphatic heterocycles. The minimum Gasteiger partial charge on any atom is -0.497 e. The van der Waals surface area contributed by atoms with E-state index in [9.17, 15) is 4.79 Å². The number of methoxy groups -OCH3 is 1. The maximum atomic E-state index is 12.0. The summed E-state index contributed by atoms with van der Waals surface area (Å²) in [6, 6.07) is 15.5. The average Bonchev–Trinajstić information content (AvgIpc) is 2.53. The summed E-state index contributed by atoms with van der Waals surface area (Å²) in [5, 5.41) is 2.91. The summed E-state index contributed by atoms with van der Waals surface area (Å²) >= 11 is 3.14. The molecule has 0 bridgehead atoms. The van der Waals surface area contributed by atoms with Crippen molar-refractivity contribution in [1.82, 2.24) is 0 Å². The van der Waals surface area contributed by atoms with E-state index in [1.54, 1.807) is 18.9 Å². The maximum Gasteiger partial charge on any atom is 0.234 e. The summed E-state index contributed by atoms with van der Waals surface area (Å²) in [5.74, 6) is 1.16. The van der Waals surface area contributed by atoms with Gasteiger partial charge in [-0.05, 0) is 42.7 Å². The molecule has 0 aromatic heterocycles. The summed E-state index contributed by atoms with van der Waals surface area (Å²) in [6.45, 7) is 0. The zero-order valence-corrected chi connectivity index (χ0v) is 13.6. The Hall–Kier alpha value is -1.59. The summed E-state index contributed by atoms with van der Waals surface area (Å²) < 4.78 is 5.17. The Morgan fingerprint density at radius 1 is 1.14 bits per heavy atom. The predicted molar refractivity (Wildman–Crippen MR) is 90.6 cm³/mol. The number of thioether (sulfide) groups is 2. The van der Waals surface area contributed by atoms with Crippen LogP contribution in [0.5, 0.6) is 5.75 Å². The summed E-state index contributed by atoms with van der Waals surface area (Å²) in [5.41, 5.74) is 0.832. The molecule has 2 aromatic rings. The quantitative estimate of drug-likeness (QED) is 0.812. The van der Waals surface area contributed by atoms with Gasteiger partial charge in [-0.3, -0.25) is 4.79 Å². The molecule has 0 saturated carbocycles. The lowest BCUT2D eigenvalue weighted by molar-refractivity contribution is -0.113. The second-order valence-electron chi connectivity index (χ2n) is 4.25. The molecular formula is C16H17NO2S2. The molecule has 1 amide bonds. The minimum atomic E-state index is -0.0129. The molecule has 0 aliphatic carbocycles. The van der Waals surface area contributed by atoms with Gasteiger partial charge in [0.1, 0.15) is 5.75 Å². The molecular weight excluding hydrogens is 302 g/mol. The van der Waals surface area contributed by atoms with Gasteiger partial charge in [0.25, 0.3) is 0 Å². The van der Waals surface area contributed by atoms with Crippen molar-refractivity contribution in [3.63, 3.8) is 0 Å². The highest BCUT2D eigenvalue weighted by Gasteiger charge is 2.05. The minimum absolute atomic E-state index is 0.0129. The molecule has 0 saturated heterocycles. The Labute approximate surface area is 133 Å². The van der Waals surface area contributed by atoms with Crippen LogP contribution in [-0.4, -0.2) is 25.0 Å². The Morgan fingerprint density at radius 2 is 1.90 bits per heavy atom. The van der Waals surface area contributed by atoms with Crippen LogP contribution in [-0.2, 0) is 4.79 Å². The van der Waals surface area contributed by atoms with Crippen molar-refractivity contribution in [1.29, 1.82) is 0 Å². The molecule has 0 unspecified atom stereocenters. The first-order chi connectivity index (χ1) is 10.2. The number of hydrogen-bond acceptors (Lipinski definition) is 4. The predicted octanol–water partition coefficient (Wildman–Crippen LogP) is 4.15. The number of carbonyl (C=O) groups is 1. The fourth-order valence-electron chi connectivity index (χ4n) is 1.74. The molecule has 0 radical (unpaired) electrons. The zero-order valence-electron chi connectivity index (χ0n) is 12.0. The molecule has 0 heterocycles. The van der Waals surface area contributed by atoms with Crippen LogP contribution in [0.25, 0.3) is 0 Å². The third-order valence-corrected chi connectivity index (χ3v) is 4.48. The average molecular weight is 319 g/mol. The molecule has 2 rings (SSSR count). The largest absolute Gasteiger partial charge is 0.497 e. The van der Waals surface area contributed by atoms with Gasteiger partial charge in [0.15, 0.2) is 0 Å². The standard InChI is InChI=1S/C16H17NO2S2/c1-19-13-6-4-8-15(10-13)21-11-16(18)17-12-5-3-7-14(9-12)20-2/h3-10H,11H2,1-2H3,(H,17,18). The SMILES string of the molecule is COc1cccc(SCC(=O)Nc2cccc(SC)c2)c1. The molecule has 110 valence electrons. The number of nitrogens with one attached hydrogen (secondary N) is 1. The van der Waals surface area contributed by atoms with Crippen LogP contribution in [0, 0.1) is 0 Å². The number of anilines is 1. The van der Waals surface area contributed by atoms with E-state index in [1.807, 2.05) is 54.8 Å². The Balaban J connectivity index is 1.89. The van der Waals surface area contributed by atoms with Gasteiger partial charge in [-0.1, -0.05) is 12.1 Å². The molecule has 2 aromatic carbocycles. The number of hydrogen-bond donors (Lipinski definition) is 1. The fourth-order valence-corrected chi connectivity index (χ4v) is 2.94. The van der Waals surface area contributed by atoms with Crippen LogP contribution >= 0.6 is 23.5 Å². The van der Waals surface area contributed by atoms with Gasteiger partial charge in [-0.2, -0.15) is 0 Å². The molecule has 0 fully saturated rings. The van der Waals surface area contributed by atoms with E-state index in [-0.39, 0.29) is 5.91 Å². The van der Waals surface area contributed by atoms with E-state index in [4.69, 9.17) is 4.74 Å². The van der Waals surface area contributed by atoms with Gasteiger partial charge in [-0.25, -0.2) is 0 Å². The molecule has 0 spiro atoms. The van der Waals surface area contributed by atoms with Crippen molar-refractivity contribution in [2.45, 2.75) is 9.79 Å². The molecule has 3 nitrogen and oxygen atoms in total. The molecule has 0 aliphatic rings. The number of ether oxygens (including phenoxy) is 1. The van der Waals surface area contributed by atoms with Crippen molar-refractivity contribution in [2.75, 3.05) is 24.4 Å². The van der Waals surface area contributed by atoms with Gasteiger partial charge in [0, 0.05) is 15.5 Å². The molecule has 1 N–H and O–H groups in total. The van der Waals surface area contributed by atoms with Crippen LogP contribution < -0.4 is 10.1 Å². The topological polar surface area (TPSA) is 38.3 Å². The van der Waals surface area contributed by atoms with Gasteiger partial charge in [-0.15, -0.1) is 23.5 Å². The highest BCUT2D eigenvalue weighted by Crippen LogP contribution is 2.23. The Bertz CT molecular complexity index is 617. The first kappa shape index (κ1) is 15.8. The second-order valence-corrected chi connectivity index (χ2v) is 6.18. The van der Waals surface area contributed by atoms with Gasteiger partial charge in [0.05, 0.1) is 12.9 Å². The fraction of sp³-hybridized carbons (Fsp3) is 0.188. The third-order valence-electron chi connectivity index (χ3n) is 2.76. The van der Waals surface area contributed by atoms with Crippen LogP contribution in [0.4, 0.5) is 5.69 Å². The third kappa shape index (κ3) is 5.02. The lowest BCUT2D eigenvalue weighted by Crippen LogP contribution is -2.13. The number of benzene rings is 2. The van der Waals surface area contributed by atoms with Crippen molar-refractivity contribution in [3.8, 4) is 5.75 Å². The number of amides is 1. The summed E-state index contributed by atoms with van der Waals surface area (Å²) in [7, 11) is 1.63. The van der Waals surface area contributed by atoms with Crippen LogP contribution in [0.3, 0.4) is 0 Å². The Kier molecular flexibility index (Phi) is 6.02.